The molecule has 0 atom stereocenters. The number of hydrogen-bond acceptors (Lipinski definition) is 3. The van der Waals surface area contributed by atoms with Gasteiger partial charge in [0.2, 0.25) is 11.8 Å². The maximum Gasteiger partial charge on any atom is 0.248 e. The second-order valence-corrected chi connectivity index (χ2v) is 5.44. The van der Waals surface area contributed by atoms with Gasteiger partial charge in [-0.05, 0) is 35.9 Å². The molecule has 0 saturated heterocycles. The number of amides is 2. The van der Waals surface area contributed by atoms with Crippen LogP contribution in [0.15, 0.2) is 54.6 Å². The maximum absolute atomic E-state index is 12.1. The van der Waals surface area contributed by atoms with Gasteiger partial charge in [-0.2, -0.15) is 0 Å². The molecular weight excluding hydrogens is 326 g/mol. The van der Waals surface area contributed by atoms with Gasteiger partial charge in [-0.15, -0.1) is 0 Å². The molecule has 0 heterocycles. The van der Waals surface area contributed by atoms with E-state index in [9.17, 15) is 9.59 Å². The summed E-state index contributed by atoms with van der Waals surface area (Å²) in [6.45, 7) is 0.268. The third-order valence-corrected chi connectivity index (χ3v) is 3.38. The van der Waals surface area contributed by atoms with Gasteiger partial charge in [0.15, 0.2) is 0 Å². The zero-order valence-corrected chi connectivity index (χ0v) is 13.7. The number of carbonyl (C=O) groups is 2. The molecule has 6 heteroatoms. The molecule has 2 aromatic rings. The monoisotopic (exact) mass is 343 g/mol. The number of nitrogens with one attached hydrogen (secondary N) is 2. The normalized spacial score (nSPS) is 10.6. The molecule has 0 spiro atoms. The third-order valence-electron chi connectivity index (χ3n) is 3.13. The number of para-hydroxylation sites is 2. The number of nitrogens with two attached hydrogens (primary N) is 1. The van der Waals surface area contributed by atoms with E-state index >= 15 is 0 Å². The Hall–Kier alpha value is -2.63. The van der Waals surface area contributed by atoms with Gasteiger partial charge in [-0.1, -0.05) is 35.9 Å². The van der Waals surface area contributed by atoms with Gasteiger partial charge in [-0.25, -0.2) is 0 Å². The fraction of sp³-hybridized carbons (Fsp3) is 0.111. The van der Waals surface area contributed by atoms with E-state index < -0.39 is 0 Å². The van der Waals surface area contributed by atoms with Crippen LogP contribution in [-0.4, -0.2) is 18.4 Å². The number of carbonyl (C=O) groups excluding carboxylic acids is 2. The Labute approximate surface area is 145 Å². The molecule has 0 saturated carbocycles. The van der Waals surface area contributed by atoms with Gasteiger partial charge in [0.05, 0.1) is 11.4 Å². The molecule has 24 heavy (non-hydrogen) atoms. The molecule has 0 unspecified atom stereocenters. The van der Waals surface area contributed by atoms with Crippen LogP contribution in [0.4, 0.5) is 11.4 Å². The minimum absolute atomic E-state index is 0.198. The highest BCUT2D eigenvalue weighted by atomic mass is 35.5. The lowest BCUT2D eigenvalue weighted by Crippen LogP contribution is -2.18. The maximum atomic E-state index is 12.1. The van der Waals surface area contributed by atoms with Crippen LogP contribution in [0.25, 0.3) is 6.08 Å². The van der Waals surface area contributed by atoms with Crippen molar-refractivity contribution in [1.82, 2.24) is 0 Å². The quantitative estimate of drug-likeness (QED) is 0.704. The summed E-state index contributed by atoms with van der Waals surface area (Å²) in [5, 5.41) is 6.10. The van der Waals surface area contributed by atoms with Gasteiger partial charge in [0.1, 0.15) is 0 Å². The van der Waals surface area contributed by atoms with Crippen molar-refractivity contribution in [3.8, 4) is 0 Å². The van der Waals surface area contributed by atoms with Crippen LogP contribution in [0.2, 0.25) is 5.02 Å². The van der Waals surface area contributed by atoms with Crippen molar-refractivity contribution in [2.45, 2.75) is 6.42 Å². The Balaban J connectivity index is 2.03. The van der Waals surface area contributed by atoms with Gasteiger partial charge in [0, 0.05) is 24.1 Å². The molecule has 0 aliphatic heterocycles. The molecular formula is C18H18ClN3O2. The summed E-state index contributed by atoms with van der Waals surface area (Å²) in [6, 6.07) is 14.1. The van der Waals surface area contributed by atoms with E-state index in [0.29, 0.717) is 16.4 Å². The fourth-order valence-electron chi connectivity index (χ4n) is 1.97. The lowest BCUT2D eigenvalue weighted by molar-refractivity contribution is -0.116. The Kier molecular flexibility index (Phi) is 6.54. The highest BCUT2D eigenvalue weighted by molar-refractivity contribution is 6.30. The first-order valence-electron chi connectivity index (χ1n) is 7.42. The largest absolute Gasteiger partial charge is 0.330 e. The average Bonchev–Trinajstić information content (AvgIpc) is 2.56. The molecule has 5 nitrogen and oxygen atoms in total. The van der Waals surface area contributed by atoms with Crippen LogP contribution < -0.4 is 16.4 Å². The highest BCUT2D eigenvalue weighted by Gasteiger charge is 2.07. The van der Waals surface area contributed by atoms with Crippen molar-refractivity contribution < 1.29 is 9.59 Å². The Morgan fingerprint density at radius 2 is 1.62 bits per heavy atom. The minimum Gasteiger partial charge on any atom is -0.330 e. The van der Waals surface area contributed by atoms with E-state index in [-0.39, 0.29) is 24.8 Å². The third kappa shape index (κ3) is 5.53. The van der Waals surface area contributed by atoms with Crippen LogP contribution in [-0.2, 0) is 9.59 Å². The zero-order chi connectivity index (χ0) is 17.4. The Bertz CT molecular complexity index is 742. The molecule has 0 aromatic heterocycles. The fourth-order valence-corrected chi connectivity index (χ4v) is 2.09. The Morgan fingerprint density at radius 1 is 1.00 bits per heavy atom. The van der Waals surface area contributed by atoms with E-state index in [1.165, 1.54) is 6.08 Å². The van der Waals surface area contributed by atoms with Gasteiger partial charge in [-0.3, -0.25) is 9.59 Å². The average molecular weight is 344 g/mol. The molecule has 4 N–H and O–H groups in total. The van der Waals surface area contributed by atoms with E-state index in [2.05, 4.69) is 10.6 Å². The van der Waals surface area contributed by atoms with Crippen molar-refractivity contribution in [2.75, 3.05) is 17.2 Å². The predicted molar refractivity (Wildman–Crippen MR) is 97.9 cm³/mol. The van der Waals surface area contributed by atoms with Gasteiger partial charge < -0.3 is 16.4 Å². The van der Waals surface area contributed by atoms with Crippen LogP contribution in [0.5, 0.6) is 0 Å². The topological polar surface area (TPSA) is 84.2 Å². The second kappa shape index (κ2) is 8.86. The van der Waals surface area contributed by atoms with Crippen molar-refractivity contribution in [2.24, 2.45) is 5.73 Å². The van der Waals surface area contributed by atoms with E-state index in [1.54, 1.807) is 42.5 Å². The lowest BCUT2D eigenvalue weighted by atomic mass is 10.2. The molecule has 0 bridgehead atoms. The summed E-state index contributed by atoms with van der Waals surface area (Å²) in [6.07, 6.45) is 3.32. The molecule has 124 valence electrons. The standard InChI is InChI=1S/C18H18ClN3O2/c19-14-8-5-13(6-9-14)7-10-17(23)21-15-3-1-2-4-16(15)22-18(24)11-12-20/h1-10H,11-12,20H2,(H,21,23)(H,22,24)/b10-7+. The predicted octanol–water partition coefficient (Wildman–Crippen LogP) is 3.28. The van der Waals surface area contributed by atoms with Gasteiger partial charge in [0.25, 0.3) is 0 Å². The number of halogens is 1. The van der Waals surface area contributed by atoms with Crippen LogP contribution in [0.3, 0.4) is 0 Å². The van der Waals surface area contributed by atoms with Crippen LogP contribution in [0, 0.1) is 0 Å². The van der Waals surface area contributed by atoms with Crippen molar-refractivity contribution in [1.29, 1.82) is 0 Å². The number of hydrogen-bond donors (Lipinski definition) is 3. The Morgan fingerprint density at radius 3 is 2.25 bits per heavy atom. The molecule has 0 aliphatic rings. The molecule has 2 rings (SSSR count). The molecule has 0 fully saturated rings. The van der Waals surface area contributed by atoms with E-state index in [1.807, 2.05) is 12.1 Å². The van der Waals surface area contributed by atoms with Crippen LogP contribution in [0.1, 0.15) is 12.0 Å². The smallest absolute Gasteiger partial charge is 0.248 e. The first kappa shape index (κ1) is 17.7. The van der Waals surface area contributed by atoms with Crippen molar-refractivity contribution in [3.05, 3.63) is 65.2 Å². The molecule has 2 amide bonds. The SMILES string of the molecule is NCCC(=O)Nc1ccccc1NC(=O)/C=C/c1ccc(Cl)cc1. The van der Waals surface area contributed by atoms with E-state index in [0.717, 1.165) is 5.56 Å². The summed E-state index contributed by atoms with van der Waals surface area (Å²) in [4.78, 5) is 23.7. The lowest BCUT2D eigenvalue weighted by Gasteiger charge is -2.11. The summed E-state index contributed by atoms with van der Waals surface area (Å²) in [5.41, 5.74) is 7.27. The summed E-state index contributed by atoms with van der Waals surface area (Å²) >= 11 is 5.82. The van der Waals surface area contributed by atoms with Crippen LogP contribution >= 0.6 is 11.6 Å². The molecule has 2 aromatic carbocycles. The first-order chi connectivity index (χ1) is 11.6. The second-order valence-electron chi connectivity index (χ2n) is 5.01. The minimum atomic E-state index is -0.300. The molecule has 0 radical (unpaired) electrons. The van der Waals surface area contributed by atoms with Crippen molar-refractivity contribution in [3.63, 3.8) is 0 Å². The highest BCUT2D eigenvalue weighted by Crippen LogP contribution is 2.21. The molecule has 0 aliphatic carbocycles. The van der Waals surface area contributed by atoms with Crippen molar-refractivity contribution >= 4 is 40.9 Å². The first-order valence-corrected chi connectivity index (χ1v) is 7.80. The summed E-state index contributed by atoms with van der Waals surface area (Å²) in [5.74, 6) is -0.499. The zero-order valence-electron chi connectivity index (χ0n) is 13.0. The number of rotatable bonds is 6. The van der Waals surface area contributed by atoms with Gasteiger partial charge >= 0.3 is 0 Å². The summed E-state index contributed by atoms with van der Waals surface area (Å²) in [7, 11) is 0. The van der Waals surface area contributed by atoms with E-state index in [4.69, 9.17) is 17.3 Å². The number of benzene rings is 2. The summed E-state index contributed by atoms with van der Waals surface area (Å²) < 4.78 is 0. The number of anilines is 2.